The number of fused-ring (bicyclic) bond motifs is 1. The molecule has 0 saturated heterocycles. The zero-order valence-electron chi connectivity index (χ0n) is 17.9. The van der Waals surface area contributed by atoms with E-state index in [1.807, 2.05) is 0 Å². The lowest BCUT2D eigenvalue weighted by Gasteiger charge is -2.17. The van der Waals surface area contributed by atoms with E-state index in [2.05, 4.69) is 75.0 Å². The summed E-state index contributed by atoms with van der Waals surface area (Å²) >= 11 is 0. The van der Waals surface area contributed by atoms with Gasteiger partial charge in [0.05, 0.1) is 29.4 Å². The molecule has 5 heteroatoms. The molecule has 1 N–H and O–H groups in total. The number of hydrogen-bond donors (Lipinski definition) is 1. The van der Waals surface area contributed by atoms with Gasteiger partial charge < -0.3 is 14.6 Å². The van der Waals surface area contributed by atoms with Gasteiger partial charge in [0.25, 0.3) is 0 Å². The Morgan fingerprint density at radius 2 is 1.89 bits per heavy atom. The monoisotopic (exact) mass is 380 g/mol. The lowest BCUT2D eigenvalue weighted by molar-refractivity contribution is 0.155. The maximum absolute atomic E-state index is 5.42. The van der Waals surface area contributed by atoms with Crippen molar-refractivity contribution in [3.05, 3.63) is 41.7 Å². The number of anilines is 1. The minimum atomic E-state index is 0.318. The fraction of sp³-hybridized carbons (Fsp3) is 0.478. The molecule has 3 heterocycles. The van der Waals surface area contributed by atoms with E-state index in [1.54, 1.807) is 7.11 Å². The van der Waals surface area contributed by atoms with Crippen LogP contribution >= 0.6 is 0 Å². The lowest BCUT2D eigenvalue weighted by Crippen LogP contribution is -2.12. The largest absolute Gasteiger partial charge is 0.383 e. The summed E-state index contributed by atoms with van der Waals surface area (Å²) < 4.78 is 7.72. The second-order valence-corrected chi connectivity index (χ2v) is 7.62. The van der Waals surface area contributed by atoms with Crippen LogP contribution < -0.4 is 5.32 Å². The van der Waals surface area contributed by atoms with E-state index in [9.17, 15) is 0 Å². The van der Waals surface area contributed by atoms with Crippen molar-refractivity contribution in [2.75, 3.05) is 25.6 Å². The average molecular weight is 381 g/mol. The van der Waals surface area contributed by atoms with Gasteiger partial charge in [-0.25, -0.2) is 9.97 Å². The van der Waals surface area contributed by atoms with E-state index in [-0.39, 0.29) is 0 Å². The van der Waals surface area contributed by atoms with Crippen LogP contribution in [0, 0.1) is 6.92 Å². The molecule has 0 spiro atoms. The quantitative estimate of drug-likeness (QED) is 0.556. The number of methoxy groups -OCH3 is 1. The molecule has 3 rings (SSSR count). The Labute approximate surface area is 168 Å². The normalized spacial score (nSPS) is 12.7. The first-order valence-electron chi connectivity index (χ1n) is 10.2. The highest BCUT2D eigenvalue weighted by Gasteiger charge is 2.17. The van der Waals surface area contributed by atoms with Crippen molar-refractivity contribution in [3.63, 3.8) is 0 Å². The minimum absolute atomic E-state index is 0.318. The Balaban J connectivity index is 2.09. The Morgan fingerprint density at radius 3 is 2.54 bits per heavy atom. The molecular weight excluding hydrogens is 348 g/mol. The van der Waals surface area contributed by atoms with Crippen LogP contribution in [0.3, 0.4) is 0 Å². The zero-order valence-corrected chi connectivity index (χ0v) is 17.9. The van der Waals surface area contributed by atoms with Gasteiger partial charge in [0.2, 0.25) is 0 Å². The SMILES string of the molecule is CCNc1nc(C(C)C)ccc1-c1ccc2c(n1)c(C)cn2[C@H](CC)COC. The topological polar surface area (TPSA) is 52.0 Å². The lowest BCUT2D eigenvalue weighted by atomic mass is 10.1. The Kier molecular flexibility index (Phi) is 6.35. The maximum atomic E-state index is 5.42. The fourth-order valence-corrected chi connectivity index (χ4v) is 3.63. The number of ether oxygens (including phenoxy) is 1. The van der Waals surface area contributed by atoms with Crippen LogP contribution in [-0.2, 0) is 4.74 Å². The second-order valence-electron chi connectivity index (χ2n) is 7.62. The number of pyridine rings is 2. The third-order valence-corrected chi connectivity index (χ3v) is 5.21. The molecule has 5 nitrogen and oxygen atoms in total. The maximum Gasteiger partial charge on any atom is 0.135 e. The molecule has 0 aliphatic rings. The molecule has 28 heavy (non-hydrogen) atoms. The molecule has 0 aliphatic carbocycles. The molecule has 150 valence electrons. The predicted molar refractivity (Wildman–Crippen MR) is 117 cm³/mol. The molecule has 0 aliphatic heterocycles. The molecule has 3 aromatic rings. The van der Waals surface area contributed by atoms with Gasteiger partial charge in [0, 0.05) is 31.1 Å². The van der Waals surface area contributed by atoms with Crippen LogP contribution in [0.15, 0.2) is 30.5 Å². The summed E-state index contributed by atoms with van der Waals surface area (Å²) in [6.07, 6.45) is 3.21. The van der Waals surface area contributed by atoms with Crippen molar-refractivity contribution in [3.8, 4) is 11.3 Å². The highest BCUT2D eigenvalue weighted by molar-refractivity contribution is 5.84. The third kappa shape index (κ3) is 3.90. The number of rotatable bonds is 8. The van der Waals surface area contributed by atoms with E-state index in [4.69, 9.17) is 14.7 Å². The number of nitrogens with zero attached hydrogens (tertiary/aromatic N) is 3. The standard InChI is InChI=1S/C23H32N4O/c1-7-17(14-28-6)27-13-16(5)22-21(27)12-11-20(25-22)18-9-10-19(15(3)4)26-23(18)24-8-2/h9-13,15,17H,7-8,14H2,1-6H3,(H,24,26)/t17-/m1/s1. The smallest absolute Gasteiger partial charge is 0.135 e. The second kappa shape index (κ2) is 8.74. The van der Waals surface area contributed by atoms with Crippen molar-refractivity contribution >= 4 is 16.9 Å². The zero-order chi connectivity index (χ0) is 20.3. The van der Waals surface area contributed by atoms with Gasteiger partial charge >= 0.3 is 0 Å². The molecular formula is C23H32N4O. The molecule has 0 unspecified atom stereocenters. The van der Waals surface area contributed by atoms with E-state index in [0.29, 0.717) is 18.6 Å². The van der Waals surface area contributed by atoms with Crippen molar-refractivity contribution < 1.29 is 4.74 Å². The van der Waals surface area contributed by atoms with Gasteiger partial charge in [0.15, 0.2) is 0 Å². The number of nitrogens with one attached hydrogen (secondary N) is 1. The molecule has 3 aromatic heterocycles. The van der Waals surface area contributed by atoms with E-state index in [0.717, 1.165) is 46.8 Å². The Hall–Kier alpha value is -2.40. The van der Waals surface area contributed by atoms with Crippen molar-refractivity contribution in [2.45, 2.75) is 53.0 Å². The van der Waals surface area contributed by atoms with Crippen LogP contribution in [0.2, 0.25) is 0 Å². The van der Waals surface area contributed by atoms with E-state index < -0.39 is 0 Å². The highest BCUT2D eigenvalue weighted by Crippen LogP contribution is 2.31. The third-order valence-electron chi connectivity index (χ3n) is 5.21. The van der Waals surface area contributed by atoms with Gasteiger partial charge in [-0.15, -0.1) is 0 Å². The number of hydrogen-bond acceptors (Lipinski definition) is 4. The van der Waals surface area contributed by atoms with Gasteiger partial charge in [-0.3, -0.25) is 0 Å². The summed E-state index contributed by atoms with van der Waals surface area (Å²) in [7, 11) is 1.76. The van der Waals surface area contributed by atoms with Gasteiger partial charge in [0.1, 0.15) is 5.82 Å². The van der Waals surface area contributed by atoms with Crippen LogP contribution in [0.5, 0.6) is 0 Å². The number of aryl methyl sites for hydroxylation is 1. The van der Waals surface area contributed by atoms with Crippen LogP contribution in [-0.4, -0.2) is 34.8 Å². The highest BCUT2D eigenvalue weighted by atomic mass is 16.5. The van der Waals surface area contributed by atoms with E-state index in [1.165, 1.54) is 5.56 Å². The molecule has 1 atom stereocenters. The van der Waals surface area contributed by atoms with Crippen LogP contribution in [0.4, 0.5) is 5.82 Å². The van der Waals surface area contributed by atoms with Gasteiger partial charge in [-0.05, 0) is 56.0 Å². The Bertz CT molecular complexity index is 945. The van der Waals surface area contributed by atoms with Crippen LogP contribution in [0.1, 0.15) is 57.3 Å². The summed E-state index contributed by atoms with van der Waals surface area (Å²) in [5.74, 6) is 1.30. The summed E-state index contributed by atoms with van der Waals surface area (Å²) in [6, 6.07) is 8.84. The van der Waals surface area contributed by atoms with Gasteiger partial charge in [-0.1, -0.05) is 20.8 Å². The first-order valence-corrected chi connectivity index (χ1v) is 10.2. The summed E-state index contributed by atoms with van der Waals surface area (Å²) in [5.41, 5.74) is 6.47. The summed E-state index contributed by atoms with van der Waals surface area (Å²) in [6.45, 7) is 12.3. The van der Waals surface area contributed by atoms with Crippen molar-refractivity contribution in [1.82, 2.24) is 14.5 Å². The van der Waals surface area contributed by atoms with Gasteiger partial charge in [-0.2, -0.15) is 0 Å². The first kappa shape index (κ1) is 20.3. The summed E-state index contributed by atoms with van der Waals surface area (Å²) in [4.78, 5) is 9.86. The first-order chi connectivity index (χ1) is 13.5. The Morgan fingerprint density at radius 1 is 1.11 bits per heavy atom. The molecule has 0 bridgehead atoms. The number of aromatic nitrogens is 3. The van der Waals surface area contributed by atoms with Crippen molar-refractivity contribution in [2.24, 2.45) is 0 Å². The van der Waals surface area contributed by atoms with Crippen LogP contribution in [0.25, 0.3) is 22.3 Å². The molecule has 0 saturated carbocycles. The average Bonchev–Trinajstić information content (AvgIpc) is 3.02. The summed E-state index contributed by atoms with van der Waals surface area (Å²) in [5, 5.41) is 3.41. The molecule has 0 aromatic carbocycles. The predicted octanol–water partition coefficient (Wildman–Crippen LogP) is 5.56. The van der Waals surface area contributed by atoms with Crippen molar-refractivity contribution in [1.29, 1.82) is 0 Å². The molecule has 0 amide bonds. The molecule has 0 radical (unpaired) electrons. The molecule has 0 fully saturated rings. The van der Waals surface area contributed by atoms with E-state index >= 15 is 0 Å². The fourth-order valence-electron chi connectivity index (χ4n) is 3.63. The minimum Gasteiger partial charge on any atom is -0.383 e.